The number of nitrogens with one attached hydrogen (secondary N) is 2. The van der Waals surface area contributed by atoms with E-state index in [0.29, 0.717) is 6.54 Å². The lowest BCUT2D eigenvalue weighted by Gasteiger charge is -2.21. The molecule has 1 atom stereocenters. The molecule has 0 heterocycles. The Kier molecular flexibility index (Phi) is 11.8. The SMILES string of the molecule is CC/C=C/CCNCCCC(C(=O)NCCc1ccccc1)c1ccc(Br)cc1-c1ccccc1. The summed E-state index contributed by atoms with van der Waals surface area (Å²) in [6.07, 6.45) is 9.13. The molecule has 3 aromatic rings. The maximum atomic E-state index is 13.5. The number of benzene rings is 3. The summed E-state index contributed by atoms with van der Waals surface area (Å²) >= 11 is 3.63. The summed E-state index contributed by atoms with van der Waals surface area (Å²) in [5, 5.41) is 6.74. The van der Waals surface area contributed by atoms with Gasteiger partial charge in [-0.25, -0.2) is 0 Å². The van der Waals surface area contributed by atoms with Gasteiger partial charge in [0.25, 0.3) is 0 Å². The van der Waals surface area contributed by atoms with Crippen LogP contribution in [0.1, 0.15) is 49.7 Å². The molecule has 0 aliphatic heterocycles. The van der Waals surface area contributed by atoms with Crippen molar-refractivity contribution in [3.8, 4) is 11.1 Å². The number of rotatable bonds is 14. The van der Waals surface area contributed by atoms with Crippen molar-refractivity contribution in [1.29, 1.82) is 0 Å². The highest BCUT2D eigenvalue weighted by Crippen LogP contribution is 2.34. The number of carbonyl (C=O) groups excluding carboxylic acids is 1. The minimum absolute atomic E-state index is 0.103. The second-order valence-electron chi connectivity index (χ2n) is 8.74. The lowest BCUT2D eigenvalue weighted by Crippen LogP contribution is -2.32. The molecular weight excluding hydrogens is 496 g/mol. The molecule has 3 rings (SSSR count). The maximum absolute atomic E-state index is 13.5. The molecule has 0 saturated heterocycles. The van der Waals surface area contributed by atoms with E-state index >= 15 is 0 Å². The third-order valence-corrected chi connectivity index (χ3v) is 6.58. The zero-order chi connectivity index (χ0) is 24.7. The van der Waals surface area contributed by atoms with E-state index in [4.69, 9.17) is 0 Å². The fraction of sp³-hybridized carbons (Fsp3) is 0.323. The zero-order valence-corrected chi connectivity index (χ0v) is 22.3. The van der Waals surface area contributed by atoms with Crippen LogP contribution in [0, 0.1) is 0 Å². The lowest BCUT2D eigenvalue weighted by atomic mass is 9.87. The van der Waals surface area contributed by atoms with Crippen LogP contribution in [-0.4, -0.2) is 25.5 Å². The quantitative estimate of drug-likeness (QED) is 0.169. The molecule has 0 aromatic heterocycles. The zero-order valence-electron chi connectivity index (χ0n) is 20.7. The molecule has 0 aliphatic rings. The van der Waals surface area contributed by atoms with Gasteiger partial charge in [0.2, 0.25) is 5.91 Å². The Bertz CT molecular complexity index is 1050. The largest absolute Gasteiger partial charge is 0.355 e. The van der Waals surface area contributed by atoms with Gasteiger partial charge in [0.05, 0.1) is 5.92 Å². The Morgan fingerprint density at radius 1 is 0.914 bits per heavy atom. The van der Waals surface area contributed by atoms with E-state index in [2.05, 4.69) is 82.0 Å². The Morgan fingerprint density at radius 3 is 2.40 bits per heavy atom. The first-order valence-corrected chi connectivity index (χ1v) is 13.5. The molecular formula is C31H37BrN2O. The van der Waals surface area contributed by atoms with Crippen LogP contribution in [-0.2, 0) is 11.2 Å². The molecule has 4 heteroatoms. The number of allylic oxidation sites excluding steroid dienone is 1. The Balaban J connectivity index is 1.71. The third kappa shape index (κ3) is 9.12. The molecule has 2 N–H and O–H groups in total. The van der Waals surface area contributed by atoms with Gasteiger partial charge in [-0.2, -0.15) is 0 Å². The fourth-order valence-electron chi connectivity index (χ4n) is 4.25. The monoisotopic (exact) mass is 532 g/mol. The second-order valence-corrected chi connectivity index (χ2v) is 9.65. The fourth-order valence-corrected chi connectivity index (χ4v) is 4.61. The number of hydrogen-bond donors (Lipinski definition) is 2. The summed E-state index contributed by atoms with van der Waals surface area (Å²) in [7, 11) is 0. The normalized spacial score (nSPS) is 12.1. The molecule has 1 unspecified atom stereocenters. The summed E-state index contributed by atoms with van der Waals surface area (Å²) in [4.78, 5) is 13.5. The molecule has 0 fully saturated rings. The molecule has 35 heavy (non-hydrogen) atoms. The Labute approximate surface area is 219 Å². The van der Waals surface area contributed by atoms with Crippen LogP contribution in [0.3, 0.4) is 0 Å². The molecule has 0 radical (unpaired) electrons. The van der Waals surface area contributed by atoms with Crippen LogP contribution in [0.15, 0.2) is 95.5 Å². The van der Waals surface area contributed by atoms with Crippen molar-refractivity contribution < 1.29 is 4.79 Å². The predicted molar refractivity (Wildman–Crippen MR) is 152 cm³/mol. The summed E-state index contributed by atoms with van der Waals surface area (Å²) in [6.45, 7) is 4.67. The van der Waals surface area contributed by atoms with Gasteiger partial charge in [-0.15, -0.1) is 0 Å². The second kappa shape index (κ2) is 15.3. The van der Waals surface area contributed by atoms with Crippen molar-refractivity contribution in [2.24, 2.45) is 0 Å². The van der Waals surface area contributed by atoms with E-state index in [-0.39, 0.29) is 11.8 Å². The number of hydrogen-bond acceptors (Lipinski definition) is 2. The van der Waals surface area contributed by atoms with Gasteiger partial charge in [0.15, 0.2) is 0 Å². The highest BCUT2D eigenvalue weighted by Gasteiger charge is 2.23. The maximum Gasteiger partial charge on any atom is 0.227 e. The van der Waals surface area contributed by atoms with Crippen LogP contribution in [0.25, 0.3) is 11.1 Å². The minimum Gasteiger partial charge on any atom is -0.355 e. The van der Waals surface area contributed by atoms with Gasteiger partial charge >= 0.3 is 0 Å². The van der Waals surface area contributed by atoms with Crippen LogP contribution in [0.2, 0.25) is 0 Å². The van der Waals surface area contributed by atoms with Gasteiger partial charge < -0.3 is 10.6 Å². The van der Waals surface area contributed by atoms with Gasteiger partial charge in [-0.3, -0.25) is 4.79 Å². The Morgan fingerprint density at radius 2 is 1.66 bits per heavy atom. The van der Waals surface area contributed by atoms with Crippen molar-refractivity contribution in [2.75, 3.05) is 19.6 Å². The van der Waals surface area contributed by atoms with Crippen molar-refractivity contribution in [1.82, 2.24) is 10.6 Å². The highest BCUT2D eigenvalue weighted by molar-refractivity contribution is 9.10. The summed E-state index contributed by atoms with van der Waals surface area (Å²) in [5.74, 6) is -0.0952. The molecule has 1 amide bonds. The van der Waals surface area contributed by atoms with Crippen LogP contribution in [0.5, 0.6) is 0 Å². The smallest absolute Gasteiger partial charge is 0.227 e. The van der Waals surface area contributed by atoms with Crippen LogP contribution < -0.4 is 10.6 Å². The average Bonchev–Trinajstić information content (AvgIpc) is 2.89. The first-order chi connectivity index (χ1) is 17.2. The van der Waals surface area contributed by atoms with Gasteiger partial charge in [-0.05, 0) is 79.6 Å². The molecule has 0 saturated carbocycles. The molecule has 0 bridgehead atoms. The molecule has 0 aliphatic carbocycles. The molecule has 0 spiro atoms. The van der Waals surface area contributed by atoms with Gasteiger partial charge in [0, 0.05) is 11.0 Å². The number of carbonyl (C=O) groups is 1. The average molecular weight is 534 g/mol. The molecule has 184 valence electrons. The van der Waals surface area contributed by atoms with Crippen molar-refractivity contribution in [2.45, 2.75) is 44.9 Å². The third-order valence-electron chi connectivity index (χ3n) is 6.08. The van der Waals surface area contributed by atoms with Crippen LogP contribution >= 0.6 is 15.9 Å². The summed E-state index contributed by atoms with van der Waals surface area (Å²) < 4.78 is 1.02. The van der Waals surface area contributed by atoms with E-state index < -0.39 is 0 Å². The Hall–Kier alpha value is -2.69. The van der Waals surface area contributed by atoms with Gasteiger partial charge in [0.1, 0.15) is 0 Å². The van der Waals surface area contributed by atoms with Crippen LogP contribution in [0.4, 0.5) is 0 Å². The van der Waals surface area contributed by atoms with Gasteiger partial charge in [-0.1, -0.05) is 102 Å². The van der Waals surface area contributed by atoms with E-state index in [1.54, 1.807) is 0 Å². The minimum atomic E-state index is -0.198. The first kappa shape index (κ1) is 26.9. The number of amides is 1. The molecule has 3 aromatic carbocycles. The lowest BCUT2D eigenvalue weighted by molar-refractivity contribution is -0.122. The summed E-state index contributed by atoms with van der Waals surface area (Å²) in [5.41, 5.74) is 4.56. The van der Waals surface area contributed by atoms with Crippen molar-refractivity contribution in [3.05, 3.63) is 107 Å². The topological polar surface area (TPSA) is 41.1 Å². The van der Waals surface area contributed by atoms with Crippen molar-refractivity contribution in [3.63, 3.8) is 0 Å². The standard InChI is InChI=1S/C31H37BrN2O/c1-2-3-4-11-21-33-22-12-17-29(31(35)34-23-20-25-13-7-5-8-14-25)28-19-18-27(32)24-30(28)26-15-9-6-10-16-26/h3-10,13-16,18-19,24,29,33H,2,11-12,17,20-23H2,1H3,(H,34,35)/b4-3+. The van der Waals surface area contributed by atoms with E-state index in [9.17, 15) is 4.79 Å². The number of halogens is 1. The predicted octanol–water partition coefficient (Wildman–Crippen LogP) is 7.28. The van der Waals surface area contributed by atoms with E-state index in [1.165, 1.54) is 5.56 Å². The van der Waals surface area contributed by atoms with E-state index in [0.717, 1.165) is 66.4 Å². The summed E-state index contributed by atoms with van der Waals surface area (Å²) in [6, 6.07) is 26.9. The van der Waals surface area contributed by atoms with E-state index in [1.807, 2.05) is 42.5 Å². The highest BCUT2D eigenvalue weighted by atomic mass is 79.9. The first-order valence-electron chi connectivity index (χ1n) is 12.7. The van der Waals surface area contributed by atoms with Crippen molar-refractivity contribution >= 4 is 21.8 Å². The molecule has 3 nitrogen and oxygen atoms in total.